The molecule has 160 valence electrons. The van der Waals surface area contributed by atoms with Gasteiger partial charge in [-0.1, -0.05) is 29.8 Å². The normalized spacial score (nSPS) is 11.5. The number of anilines is 2. The predicted molar refractivity (Wildman–Crippen MR) is 113 cm³/mol. The summed E-state index contributed by atoms with van der Waals surface area (Å²) in [6.07, 6.45) is 0.823. The molecular formula is C19H13ClF2N4O4S. The number of halogens is 3. The molecule has 0 heterocycles. The molecule has 0 saturated carbocycles. The monoisotopic (exact) mass is 466 g/mol. The molecule has 31 heavy (non-hydrogen) atoms. The molecule has 0 radical (unpaired) electrons. The van der Waals surface area contributed by atoms with E-state index >= 15 is 0 Å². The van der Waals surface area contributed by atoms with E-state index < -0.39 is 42.7 Å². The van der Waals surface area contributed by atoms with Crippen molar-refractivity contribution in [2.75, 3.05) is 10.1 Å². The maximum atomic E-state index is 13.7. The number of hydrazone groups is 1. The van der Waals surface area contributed by atoms with Crippen LogP contribution in [0.15, 0.2) is 70.7 Å². The average Bonchev–Trinajstić information content (AvgIpc) is 2.71. The highest BCUT2D eigenvalue weighted by molar-refractivity contribution is 7.93. The second kappa shape index (κ2) is 9.06. The molecule has 3 aromatic rings. The van der Waals surface area contributed by atoms with E-state index in [-0.39, 0.29) is 16.4 Å². The molecule has 0 bridgehead atoms. The molecule has 0 saturated heterocycles. The summed E-state index contributed by atoms with van der Waals surface area (Å²) in [6, 6.07) is 12.2. The molecule has 0 aromatic heterocycles. The summed E-state index contributed by atoms with van der Waals surface area (Å²) in [5, 5.41) is 14.9. The SMILES string of the molecule is O=[N+]([O-])c1ccc(N/N=C\c2c(F)cccc2F)c(S(=O)(=O)Nc2ccccc2Cl)c1. The molecule has 0 unspecified atom stereocenters. The van der Waals surface area contributed by atoms with Crippen LogP contribution in [-0.2, 0) is 10.0 Å². The number of rotatable bonds is 7. The molecule has 0 atom stereocenters. The fourth-order valence-electron chi connectivity index (χ4n) is 2.48. The summed E-state index contributed by atoms with van der Waals surface area (Å²) < 4.78 is 55.4. The summed E-state index contributed by atoms with van der Waals surface area (Å²) in [6.45, 7) is 0. The van der Waals surface area contributed by atoms with E-state index in [9.17, 15) is 27.3 Å². The first-order chi connectivity index (χ1) is 14.7. The van der Waals surface area contributed by atoms with E-state index in [4.69, 9.17) is 11.6 Å². The Morgan fingerprint density at radius 2 is 1.68 bits per heavy atom. The van der Waals surface area contributed by atoms with Crippen LogP contribution in [-0.4, -0.2) is 19.6 Å². The molecular weight excluding hydrogens is 454 g/mol. The second-order valence-electron chi connectivity index (χ2n) is 6.03. The molecule has 3 rings (SSSR count). The zero-order valence-electron chi connectivity index (χ0n) is 15.4. The van der Waals surface area contributed by atoms with Crippen molar-refractivity contribution in [2.45, 2.75) is 4.90 Å². The van der Waals surface area contributed by atoms with Crippen molar-refractivity contribution in [3.63, 3.8) is 0 Å². The minimum atomic E-state index is -4.36. The smallest absolute Gasteiger partial charge is 0.270 e. The Kier molecular flexibility index (Phi) is 6.47. The third kappa shape index (κ3) is 5.13. The summed E-state index contributed by atoms with van der Waals surface area (Å²) in [5.41, 5.74) is 1.30. The molecule has 0 aliphatic carbocycles. The first-order valence-corrected chi connectivity index (χ1v) is 10.3. The zero-order chi connectivity index (χ0) is 22.6. The maximum absolute atomic E-state index is 13.7. The number of non-ortho nitro benzene ring substituents is 1. The minimum Gasteiger partial charge on any atom is -0.278 e. The Balaban J connectivity index is 1.99. The van der Waals surface area contributed by atoms with E-state index in [0.717, 1.165) is 36.5 Å². The lowest BCUT2D eigenvalue weighted by atomic mass is 10.2. The minimum absolute atomic E-state index is 0.0542. The van der Waals surface area contributed by atoms with E-state index in [0.29, 0.717) is 0 Å². The fourth-order valence-corrected chi connectivity index (χ4v) is 3.98. The number of nitro benzene ring substituents is 1. The molecule has 3 aromatic carbocycles. The molecule has 2 N–H and O–H groups in total. The van der Waals surface area contributed by atoms with Gasteiger partial charge in [-0.05, 0) is 30.3 Å². The van der Waals surface area contributed by atoms with E-state index in [1.54, 1.807) is 12.1 Å². The van der Waals surface area contributed by atoms with Gasteiger partial charge in [0.15, 0.2) is 0 Å². The lowest BCUT2D eigenvalue weighted by Crippen LogP contribution is -2.15. The number of nitro groups is 1. The van der Waals surface area contributed by atoms with E-state index in [2.05, 4.69) is 15.2 Å². The van der Waals surface area contributed by atoms with Gasteiger partial charge in [-0.15, -0.1) is 0 Å². The van der Waals surface area contributed by atoms with Crippen LogP contribution in [0.25, 0.3) is 0 Å². The van der Waals surface area contributed by atoms with E-state index in [1.807, 2.05) is 0 Å². The Bertz CT molecular complexity index is 1270. The second-order valence-corrected chi connectivity index (χ2v) is 8.09. The number of hydrogen-bond acceptors (Lipinski definition) is 6. The lowest BCUT2D eigenvalue weighted by Gasteiger charge is -2.13. The van der Waals surface area contributed by atoms with Crippen molar-refractivity contribution in [2.24, 2.45) is 5.10 Å². The molecule has 8 nitrogen and oxygen atoms in total. The van der Waals surface area contributed by atoms with Crippen LogP contribution in [0.3, 0.4) is 0 Å². The van der Waals surface area contributed by atoms with Crippen molar-refractivity contribution in [1.29, 1.82) is 0 Å². The maximum Gasteiger partial charge on any atom is 0.270 e. The summed E-state index contributed by atoms with van der Waals surface area (Å²) >= 11 is 5.97. The van der Waals surface area contributed by atoms with Gasteiger partial charge in [0.05, 0.1) is 33.1 Å². The first-order valence-electron chi connectivity index (χ1n) is 8.48. The average molecular weight is 467 g/mol. The highest BCUT2D eigenvalue weighted by Gasteiger charge is 2.23. The van der Waals surface area contributed by atoms with Gasteiger partial charge in [0.25, 0.3) is 15.7 Å². The van der Waals surface area contributed by atoms with Gasteiger partial charge in [0.1, 0.15) is 16.5 Å². The van der Waals surface area contributed by atoms with Gasteiger partial charge in [-0.25, -0.2) is 17.2 Å². The van der Waals surface area contributed by atoms with Crippen molar-refractivity contribution < 1.29 is 22.1 Å². The lowest BCUT2D eigenvalue weighted by molar-refractivity contribution is -0.385. The standard InChI is InChI=1S/C19H13ClF2N4O4S/c20-14-4-1-2-7-17(14)25-31(29,30)19-10-12(26(27)28)8-9-18(19)24-23-11-13-15(21)5-3-6-16(13)22/h1-11,24-25H/b23-11-. The number of hydrogen-bond donors (Lipinski definition) is 2. The van der Waals surface area contributed by atoms with Crippen molar-refractivity contribution in [3.8, 4) is 0 Å². The zero-order valence-corrected chi connectivity index (χ0v) is 17.0. The van der Waals surface area contributed by atoms with Crippen molar-refractivity contribution in [3.05, 3.63) is 93.0 Å². The molecule has 0 aliphatic heterocycles. The predicted octanol–water partition coefficient (Wildman–Crippen LogP) is 4.77. The van der Waals surface area contributed by atoms with E-state index in [1.165, 1.54) is 18.2 Å². The summed E-state index contributed by atoms with van der Waals surface area (Å²) in [7, 11) is -4.36. The van der Waals surface area contributed by atoms with Crippen LogP contribution in [0, 0.1) is 21.7 Å². The van der Waals surface area contributed by atoms with Gasteiger partial charge in [0, 0.05) is 12.1 Å². The number of nitrogens with one attached hydrogen (secondary N) is 2. The molecule has 0 spiro atoms. The van der Waals surface area contributed by atoms with Gasteiger partial charge in [0.2, 0.25) is 0 Å². The number of para-hydroxylation sites is 1. The van der Waals surface area contributed by atoms with Crippen molar-refractivity contribution >= 4 is 44.9 Å². The Morgan fingerprint density at radius 1 is 1.00 bits per heavy atom. The van der Waals surface area contributed by atoms with Crippen LogP contribution in [0.5, 0.6) is 0 Å². The van der Waals surface area contributed by atoms with Gasteiger partial charge < -0.3 is 0 Å². The Labute approximate surface area is 180 Å². The molecule has 0 fully saturated rings. The van der Waals surface area contributed by atoms with Gasteiger partial charge >= 0.3 is 0 Å². The highest BCUT2D eigenvalue weighted by Crippen LogP contribution is 2.30. The highest BCUT2D eigenvalue weighted by atomic mass is 35.5. The molecule has 12 heteroatoms. The topological polar surface area (TPSA) is 114 Å². The number of nitrogens with zero attached hydrogens (tertiary/aromatic N) is 2. The number of sulfonamides is 1. The summed E-state index contributed by atoms with van der Waals surface area (Å²) in [5.74, 6) is -1.75. The third-order valence-electron chi connectivity index (χ3n) is 3.96. The first kappa shape index (κ1) is 22.1. The van der Waals surface area contributed by atoms with Crippen LogP contribution in [0.2, 0.25) is 5.02 Å². The van der Waals surface area contributed by atoms with Crippen LogP contribution < -0.4 is 10.1 Å². The third-order valence-corrected chi connectivity index (χ3v) is 5.70. The molecule has 0 aliphatic rings. The quantitative estimate of drug-likeness (QED) is 0.295. The number of benzene rings is 3. The van der Waals surface area contributed by atoms with Gasteiger partial charge in [-0.3, -0.25) is 20.3 Å². The van der Waals surface area contributed by atoms with Gasteiger partial charge in [-0.2, -0.15) is 5.10 Å². The van der Waals surface area contributed by atoms with Crippen LogP contribution >= 0.6 is 11.6 Å². The largest absolute Gasteiger partial charge is 0.278 e. The van der Waals surface area contributed by atoms with Crippen LogP contribution in [0.1, 0.15) is 5.56 Å². The fraction of sp³-hybridized carbons (Fsp3) is 0. The van der Waals surface area contributed by atoms with Crippen molar-refractivity contribution in [1.82, 2.24) is 0 Å². The molecule has 0 amide bonds. The Morgan fingerprint density at radius 3 is 2.32 bits per heavy atom. The van der Waals surface area contributed by atoms with Crippen LogP contribution in [0.4, 0.5) is 25.8 Å². The summed E-state index contributed by atoms with van der Waals surface area (Å²) in [4.78, 5) is 9.83. The Hall–Kier alpha value is -3.57.